The summed E-state index contributed by atoms with van der Waals surface area (Å²) < 4.78 is 11.4. The van der Waals surface area contributed by atoms with Gasteiger partial charge in [-0.25, -0.2) is 0 Å². The lowest BCUT2D eigenvalue weighted by Gasteiger charge is -2.09. The molecule has 0 saturated carbocycles. The molecule has 144 valence electrons. The van der Waals surface area contributed by atoms with Crippen LogP contribution < -0.4 is 5.32 Å². The van der Waals surface area contributed by atoms with Crippen LogP contribution in [-0.2, 0) is 6.54 Å². The molecule has 0 aliphatic rings. The summed E-state index contributed by atoms with van der Waals surface area (Å²) in [5.74, 6) is 1.88. The monoisotopic (exact) mass is 385 g/mol. The number of rotatable bonds is 6. The maximum absolute atomic E-state index is 5.96. The van der Waals surface area contributed by atoms with E-state index in [1.54, 1.807) is 6.20 Å². The van der Waals surface area contributed by atoms with E-state index >= 15 is 0 Å². The first-order valence-electron chi connectivity index (χ1n) is 9.41. The largest absolute Gasteiger partial charge is 0.454 e. The highest BCUT2D eigenvalue weighted by Gasteiger charge is 2.17. The van der Waals surface area contributed by atoms with Crippen LogP contribution in [-0.4, -0.2) is 20.3 Å². The van der Waals surface area contributed by atoms with E-state index in [0.717, 1.165) is 33.6 Å². The summed E-state index contributed by atoms with van der Waals surface area (Å²) in [7, 11) is 0. The lowest BCUT2D eigenvalue weighted by molar-refractivity contribution is 0.339. The Balaban J connectivity index is 1.31. The second kappa shape index (κ2) is 7.37. The molecule has 29 heavy (non-hydrogen) atoms. The van der Waals surface area contributed by atoms with Gasteiger partial charge in [-0.3, -0.25) is 5.10 Å². The lowest BCUT2D eigenvalue weighted by Crippen LogP contribution is -2.18. The van der Waals surface area contributed by atoms with Crippen molar-refractivity contribution in [2.45, 2.75) is 19.5 Å². The first kappa shape index (κ1) is 17.4. The zero-order valence-electron chi connectivity index (χ0n) is 15.8. The molecule has 0 saturated heterocycles. The molecule has 5 aromatic rings. The summed E-state index contributed by atoms with van der Waals surface area (Å²) in [5, 5.41) is 15.8. The number of aromatic nitrogens is 4. The molecule has 0 aliphatic carbocycles. The summed E-state index contributed by atoms with van der Waals surface area (Å²) >= 11 is 0. The predicted octanol–water partition coefficient (Wildman–Crippen LogP) is 4.72. The second-order valence-corrected chi connectivity index (χ2v) is 6.84. The number of H-pyrrole nitrogens is 1. The van der Waals surface area contributed by atoms with Gasteiger partial charge < -0.3 is 14.3 Å². The Morgan fingerprint density at radius 2 is 1.90 bits per heavy atom. The van der Waals surface area contributed by atoms with E-state index in [0.29, 0.717) is 18.3 Å². The van der Waals surface area contributed by atoms with Crippen molar-refractivity contribution in [3.8, 4) is 22.8 Å². The minimum absolute atomic E-state index is 0.113. The third-order valence-corrected chi connectivity index (χ3v) is 4.83. The molecule has 7 heteroatoms. The van der Waals surface area contributed by atoms with Crippen molar-refractivity contribution >= 4 is 11.0 Å². The van der Waals surface area contributed by atoms with Gasteiger partial charge in [-0.05, 0) is 19.1 Å². The SMILES string of the molecule is C[C@@H](NCc1cn[nH]c1-c1cc2ccccc2o1)c1nc(-c2ccccc2)no1. The number of furan rings is 1. The molecule has 0 unspecified atom stereocenters. The van der Waals surface area contributed by atoms with Crippen LogP contribution >= 0.6 is 0 Å². The van der Waals surface area contributed by atoms with Crippen LogP contribution in [0.2, 0.25) is 0 Å². The number of fused-ring (bicyclic) bond motifs is 1. The molecule has 1 atom stereocenters. The zero-order valence-corrected chi connectivity index (χ0v) is 15.8. The van der Waals surface area contributed by atoms with Gasteiger partial charge in [0, 0.05) is 23.1 Å². The first-order chi connectivity index (χ1) is 14.3. The van der Waals surface area contributed by atoms with Crippen molar-refractivity contribution in [1.29, 1.82) is 0 Å². The fourth-order valence-electron chi connectivity index (χ4n) is 3.23. The number of nitrogens with one attached hydrogen (secondary N) is 2. The average molecular weight is 385 g/mol. The maximum atomic E-state index is 5.96. The molecule has 3 heterocycles. The van der Waals surface area contributed by atoms with Crippen molar-refractivity contribution in [1.82, 2.24) is 25.7 Å². The van der Waals surface area contributed by atoms with Gasteiger partial charge in [0.1, 0.15) is 11.3 Å². The van der Waals surface area contributed by atoms with Crippen molar-refractivity contribution in [3.05, 3.63) is 78.3 Å². The molecule has 0 fully saturated rings. The molecule has 3 aromatic heterocycles. The van der Waals surface area contributed by atoms with Crippen LogP contribution in [0.15, 0.2) is 75.8 Å². The summed E-state index contributed by atoms with van der Waals surface area (Å²) in [6.45, 7) is 2.57. The molecule has 0 amide bonds. The fourth-order valence-corrected chi connectivity index (χ4v) is 3.23. The average Bonchev–Trinajstić information content (AvgIpc) is 3.51. The number of benzene rings is 2. The van der Waals surface area contributed by atoms with Crippen molar-refractivity contribution in [3.63, 3.8) is 0 Å². The molecular formula is C22H19N5O2. The summed E-state index contributed by atoms with van der Waals surface area (Å²) in [4.78, 5) is 4.51. The van der Waals surface area contributed by atoms with Gasteiger partial charge in [0.25, 0.3) is 0 Å². The third kappa shape index (κ3) is 3.43. The topological polar surface area (TPSA) is 92.8 Å². The Kier molecular flexibility index (Phi) is 4.42. The van der Waals surface area contributed by atoms with E-state index in [1.165, 1.54) is 0 Å². The van der Waals surface area contributed by atoms with Crippen LogP contribution in [0, 0.1) is 0 Å². The minimum atomic E-state index is -0.113. The van der Waals surface area contributed by atoms with Gasteiger partial charge in [0.2, 0.25) is 11.7 Å². The summed E-state index contributed by atoms with van der Waals surface area (Å²) in [5.41, 5.74) is 3.63. The maximum Gasteiger partial charge on any atom is 0.243 e. The van der Waals surface area contributed by atoms with Gasteiger partial charge in [-0.1, -0.05) is 53.7 Å². The van der Waals surface area contributed by atoms with E-state index in [4.69, 9.17) is 8.94 Å². The smallest absolute Gasteiger partial charge is 0.243 e. The molecule has 2 N–H and O–H groups in total. The summed E-state index contributed by atoms with van der Waals surface area (Å²) in [6, 6.07) is 19.6. The van der Waals surface area contributed by atoms with E-state index in [2.05, 4.69) is 25.7 Å². The van der Waals surface area contributed by atoms with Crippen LogP contribution in [0.3, 0.4) is 0 Å². The Morgan fingerprint density at radius 1 is 1.07 bits per heavy atom. The number of para-hydroxylation sites is 1. The Bertz CT molecular complexity index is 1210. The number of nitrogens with zero attached hydrogens (tertiary/aromatic N) is 3. The lowest BCUT2D eigenvalue weighted by atomic mass is 10.2. The zero-order chi connectivity index (χ0) is 19.6. The number of hydrogen-bond acceptors (Lipinski definition) is 6. The molecule has 0 radical (unpaired) electrons. The Labute approximate surface area is 166 Å². The van der Waals surface area contributed by atoms with Crippen molar-refractivity contribution < 1.29 is 8.94 Å². The van der Waals surface area contributed by atoms with E-state index in [9.17, 15) is 0 Å². The van der Waals surface area contributed by atoms with Crippen LogP contribution in [0.5, 0.6) is 0 Å². The highest BCUT2D eigenvalue weighted by molar-refractivity contribution is 5.82. The van der Waals surface area contributed by atoms with Gasteiger partial charge in [-0.2, -0.15) is 10.1 Å². The van der Waals surface area contributed by atoms with Crippen molar-refractivity contribution in [2.24, 2.45) is 0 Å². The third-order valence-electron chi connectivity index (χ3n) is 4.83. The van der Waals surface area contributed by atoms with Gasteiger partial charge >= 0.3 is 0 Å². The van der Waals surface area contributed by atoms with Gasteiger partial charge in [0.05, 0.1) is 12.2 Å². The molecule has 0 bridgehead atoms. The normalized spacial score (nSPS) is 12.4. The Morgan fingerprint density at radius 3 is 2.76 bits per heavy atom. The van der Waals surface area contributed by atoms with Gasteiger partial charge in [0.15, 0.2) is 5.76 Å². The van der Waals surface area contributed by atoms with Crippen LogP contribution in [0.25, 0.3) is 33.8 Å². The highest BCUT2D eigenvalue weighted by Crippen LogP contribution is 2.28. The molecule has 7 nitrogen and oxygen atoms in total. The fraction of sp³-hybridized carbons (Fsp3) is 0.136. The number of aromatic amines is 1. The van der Waals surface area contributed by atoms with Crippen molar-refractivity contribution in [2.75, 3.05) is 0 Å². The molecule has 0 aliphatic heterocycles. The summed E-state index contributed by atoms with van der Waals surface area (Å²) in [6.07, 6.45) is 1.80. The molecular weight excluding hydrogens is 366 g/mol. The van der Waals surface area contributed by atoms with E-state index in [-0.39, 0.29) is 6.04 Å². The molecule has 0 spiro atoms. The van der Waals surface area contributed by atoms with Crippen LogP contribution in [0.4, 0.5) is 0 Å². The first-order valence-corrected chi connectivity index (χ1v) is 9.41. The number of hydrogen-bond donors (Lipinski definition) is 2. The van der Waals surface area contributed by atoms with E-state index < -0.39 is 0 Å². The quantitative estimate of drug-likeness (QED) is 0.439. The van der Waals surface area contributed by atoms with Gasteiger partial charge in [-0.15, -0.1) is 0 Å². The minimum Gasteiger partial charge on any atom is -0.454 e. The predicted molar refractivity (Wildman–Crippen MR) is 109 cm³/mol. The molecule has 2 aromatic carbocycles. The highest BCUT2D eigenvalue weighted by atomic mass is 16.5. The second-order valence-electron chi connectivity index (χ2n) is 6.84. The van der Waals surface area contributed by atoms with Crippen LogP contribution in [0.1, 0.15) is 24.4 Å². The Hall–Kier alpha value is -3.71. The van der Waals surface area contributed by atoms with E-state index in [1.807, 2.05) is 67.6 Å². The molecule has 5 rings (SSSR count). The standard InChI is InChI=1S/C22H19N5O2/c1-14(22-25-21(27-29-22)15-7-3-2-4-8-15)23-12-17-13-24-26-20(17)19-11-16-9-5-6-10-18(16)28-19/h2-11,13-14,23H,12H2,1H3,(H,24,26)/t14-/m1/s1.